The van der Waals surface area contributed by atoms with E-state index in [4.69, 9.17) is 12.2 Å². The Kier molecular flexibility index (Phi) is 5.18. The number of non-ortho nitro benzene ring substituents is 1. The predicted octanol–water partition coefficient (Wildman–Crippen LogP) is 3.48. The fraction of sp³-hybridized carbons (Fsp3) is 0. The van der Waals surface area contributed by atoms with Gasteiger partial charge in [-0.25, -0.2) is 0 Å². The van der Waals surface area contributed by atoms with Crippen LogP contribution in [0.2, 0.25) is 0 Å². The summed E-state index contributed by atoms with van der Waals surface area (Å²) >= 11 is 8.31. The molecule has 0 fully saturated rings. The molecule has 0 unspecified atom stereocenters. The van der Waals surface area contributed by atoms with Crippen LogP contribution in [0.1, 0.15) is 10.4 Å². The Hall–Kier alpha value is -2.32. The van der Waals surface area contributed by atoms with Crippen LogP contribution in [0.25, 0.3) is 0 Å². The van der Waals surface area contributed by atoms with Crippen LogP contribution in [0.5, 0.6) is 0 Å². The molecule has 112 valence electrons. The fourth-order valence-corrected chi connectivity index (χ4v) is 2.11. The highest BCUT2D eigenvalue weighted by Crippen LogP contribution is 2.17. The van der Waals surface area contributed by atoms with Crippen molar-refractivity contribution in [3.63, 3.8) is 0 Å². The summed E-state index contributed by atoms with van der Waals surface area (Å²) < 4.78 is 0.862. The minimum atomic E-state index is -0.505. The van der Waals surface area contributed by atoms with Crippen molar-refractivity contribution in [2.45, 2.75) is 0 Å². The van der Waals surface area contributed by atoms with Crippen LogP contribution in [0, 0.1) is 10.1 Å². The van der Waals surface area contributed by atoms with Gasteiger partial charge in [0.2, 0.25) is 0 Å². The third-order valence-electron chi connectivity index (χ3n) is 2.65. The summed E-state index contributed by atoms with van der Waals surface area (Å²) in [6, 6.07) is 12.6. The molecule has 2 rings (SSSR count). The quantitative estimate of drug-likeness (QED) is 0.484. The van der Waals surface area contributed by atoms with E-state index in [1.165, 1.54) is 18.2 Å². The highest BCUT2D eigenvalue weighted by atomic mass is 79.9. The third-order valence-corrected chi connectivity index (χ3v) is 3.38. The zero-order valence-corrected chi connectivity index (χ0v) is 13.5. The molecule has 8 heteroatoms. The summed E-state index contributed by atoms with van der Waals surface area (Å²) in [5.74, 6) is -0.365. The highest BCUT2D eigenvalue weighted by molar-refractivity contribution is 9.10. The summed E-state index contributed by atoms with van der Waals surface area (Å²) in [4.78, 5) is 22.2. The van der Waals surface area contributed by atoms with Crippen molar-refractivity contribution >= 4 is 50.5 Å². The minimum Gasteiger partial charge on any atom is -0.332 e. The van der Waals surface area contributed by atoms with Crippen LogP contribution in [-0.4, -0.2) is 15.9 Å². The van der Waals surface area contributed by atoms with Gasteiger partial charge in [-0.15, -0.1) is 0 Å². The zero-order valence-electron chi connectivity index (χ0n) is 11.1. The van der Waals surface area contributed by atoms with E-state index >= 15 is 0 Å². The molecule has 0 saturated carbocycles. The number of amides is 1. The van der Waals surface area contributed by atoms with Crippen molar-refractivity contribution in [2.24, 2.45) is 0 Å². The van der Waals surface area contributed by atoms with Gasteiger partial charge in [0.05, 0.1) is 4.92 Å². The van der Waals surface area contributed by atoms with Gasteiger partial charge in [-0.3, -0.25) is 20.2 Å². The number of halogens is 1. The summed E-state index contributed by atoms with van der Waals surface area (Å²) in [5.41, 5.74) is 0.814. The highest BCUT2D eigenvalue weighted by Gasteiger charge is 2.10. The first-order valence-corrected chi connectivity index (χ1v) is 7.28. The molecule has 2 aromatic carbocycles. The molecule has 0 aromatic heterocycles. The largest absolute Gasteiger partial charge is 0.332 e. The summed E-state index contributed by atoms with van der Waals surface area (Å²) in [7, 11) is 0. The van der Waals surface area contributed by atoms with Gasteiger partial charge in [0.1, 0.15) is 0 Å². The summed E-state index contributed by atoms with van der Waals surface area (Å²) in [6.07, 6.45) is 0. The van der Waals surface area contributed by atoms with Crippen LogP contribution in [0.4, 0.5) is 11.4 Å². The molecule has 2 N–H and O–H groups in total. The molecule has 1 amide bonds. The van der Waals surface area contributed by atoms with E-state index in [2.05, 4.69) is 26.6 Å². The number of hydrogen-bond donors (Lipinski definition) is 2. The topological polar surface area (TPSA) is 84.3 Å². The molecule has 0 heterocycles. The Balaban J connectivity index is 2.01. The third kappa shape index (κ3) is 4.34. The van der Waals surface area contributed by atoms with Crippen molar-refractivity contribution in [1.82, 2.24) is 5.32 Å². The van der Waals surface area contributed by atoms with Crippen molar-refractivity contribution in [3.8, 4) is 0 Å². The normalized spacial score (nSPS) is 9.86. The summed E-state index contributed by atoms with van der Waals surface area (Å²) in [5, 5.41) is 16.0. The molecule has 0 bridgehead atoms. The molecular weight excluding hydrogens is 370 g/mol. The van der Waals surface area contributed by atoms with Crippen LogP contribution >= 0.6 is 28.1 Å². The molecule has 0 radical (unpaired) electrons. The van der Waals surface area contributed by atoms with Crippen molar-refractivity contribution < 1.29 is 9.72 Å². The molecule has 0 aliphatic heterocycles. The first-order valence-electron chi connectivity index (χ1n) is 6.08. The van der Waals surface area contributed by atoms with E-state index in [0.29, 0.717) is 11.3 Å². The smallest absolute Gasteiger partial charge is 0.271 e. The van der Waals surface area contributed by atoms with Crippen LogP contribution < -0.4 is 10.6 Å². The van der Waals surface area contributed by atoms with Gasteiger partial charge in [-0.1, -0.05) is 22.0 Å². The maximum atomic E-state index is 12.0. The Morgan fingerprint density at radius 2 is 1.86 bits per heavy atom. The number of anilines is 1. The number of carbonyl (C=O) groups is 1. The molecule has 22 heavy (non-hydrogen) atoms. The molecule has 0 atom stereocenters. The Morgan fingerprint density at radius 3 is 2.50 bits per heavy atom. The maximum Gasteiger partial charge on any atom is 0.271 e. The van der Waals surface area contributed by atoms with Gasteiger partial charge in [0.25, 0.3) is 11.6 Å². The molecule has 0 saturated heterocycles. The van der Waals surface area contributed by atoms with Crippen molar-refractivity contribution in [2.75, 3.05) is 5.32 Å². The van der Waals surface area contributed by atoms with Gasteiger partial charge < -0.3 is 5.32 Å². The molecule has 2 aromatic rings. The SMILES string of the molecule is O=C(NC(=S)Nc1cccc([N+](=O)[O-])c1)c1ccc(Br)cc1. The number of hydrogen-bond acceptors (Lipinski definition) is 4. The lowest BCUT2D eigenvalue weighted by Crippen LogP contribution is -2.34. The van der Waals surface area contributed by atoms with E-state index in [1.54, 1.807) is 30.3 Å². The Bertz CT molecular complexity index is 734. The van der Waals surface area contributed by atoms with Gasteiger partial charge in [0.15, 0.2) is 5.11 Å². The second kappa shape index (κ2) is 7.10. The van der Waals surface area contributed by atoms with Gasteiger partial charge in [-0.2, -0.15) is 0 Å². The first-order chi connectivity index (χ1) is 10.5. The second-order valence-electron chi connectivity index (χ2n) is 4.22. The fourth-order valence-electron chi connectivity index (χ4n) is 1.64. The van der Waals surface area contributed by atoms with Crippen molar-refractivity contribution in [1.29, 1.82) is 0 Å². The van der Waals surface area contributed by atoms with E-state index in [-0.39, 0.29) is 16.7 Å². The lowest BCUT2D eigenvalue weighted by Gasteiger charge is -2.09. The van der Waals surface area contributed by atoms with Gasteiger partial charge in [-0.05, 0) is 42.5 Å². The zero-order chi connectivity index (χ0) is 16.1. The van der Waals surface area contributed by atoms with Gasteiger partial charge >= 0.3 is 0 Å². The number of rotatable bonds is 3. The molecule has 6 nitrogen and oxygen atoms in total. The number of nitrogens with zero attached hydrogens (tertiary/aromatic N) is 1. The van der Waals surface area contributed by atoms with Crippen molar-refractivity contribution in [3.05, 3.63) is 68.7 Å². The number of thiocarbonyl (C=S) groups is 1. The molecular formula is C14H10BrN3O3S. The van der Waals surface area contributed by atoms with Gasteiger partial charge in [0, 0.05) is 27.9 Å². The Morgan fingerprint density at radius 1 is 1.18 bits per heavy atom. The monoisotopic (exact) mass is 379 g/mol. The minimum absolute atomic E-state index is 0.0629. The van der Waals surface area contributed by atoms with E-state index in [9.17, 15) is 14.9 Å². The lowest BCUT2D eigenvalue weighted by molar-refractivity contribution is -0.384. The van der Waals surface area contributed by atoms with E-state index in [1.807, 2.05) is 0 Å². The number of carbonyl (C=O) groups excluding carboxylic acids is 1. The standard InChI is InChI=1S/C14H10BrN3O3S/c15-10-6-4-9(5-7-10)13(19)17-14(22)16-11-2-1-3-12(8-11)18(20)21/h1-8H,(H2,16,17,19,22). The average molecular weight is 380 g/mol. The number of nitro benzene ring substituents is 1. The average Bonchev–Trinajstić information content (AvgIpc) is 2.47. The van der Waals surface area contributed by atoms with E-state index in [0.717, 1.165) is 4.47 Å². The molecule has 0 aliphatic carbocycles. The number of benzene rings is 2. The lowest BCUT2D eigenvalue weighted by atomic mass is 10.2. The molecule has 0 spiro atoms. The first kappa shape index (κ1) is 16.1. The number of nitro groups is 1. The van der Waals surface area contributed by atoms with Crippen LogP contribution in [0.3, 0.4) is 0 Å². The molecule has 0 aliphatic rings. The predicted molar refractivity (Wildman–Crippen MR) is 90.9 cm³/mol. The van der Waals surface area contributed by atoms with Crippen LogP contribution in [0.15, 0.2) is 53.0 Å². The van der Waals surface area contributed by atoms with E-state index < -0.39 is 4.92 Å². The van der Waals surface area contributed by atoms with Crippen LogP contribution in [-0.2, 0) is 0 Å². The second-order valence-corrected chi connectivity index (χ2v) is 5.55. The number of nitrogens with one attached hydrogen (secondary N) is 2. The summed E-state index contributed by atoms with van der Waals surface area (Å²) in [6.45, 7) is 0. The Labute approximate surface area is 139 Å². The maximum absolute atomic E-state index is 12.0.